The molecule has 26 heavy (non-hydrogen) atoms. The molecule has 0 unspecified atom stereocenters. The van der Waals surface area contributed by atoms with Gasteiger partial charge in [0.15, 0.2) is 0 Å². The normalized spacial score (nSPS) is 10.6. The Labute approximate surface area is 178 Å². The Morgan fingerprint density at radius 2 is 1.96 bits per heavy atom. The van der Waals surface area contributed by atoms with Gasteiger partial charge in [0.05, 0.1) is 18.2 Å². The molecular weight excluding hydrogens is 560 g/mol. The average molecular weight is 575 g/mol. The van der Waals surface area contributed by atoms with E-state index < -0.39 is 0 Å². The SMILES string of the molecule is COc1cc(NC(=O)c2cc(I)ccc2I)ccc1-c1ccc(CO)o1. The zero-order chi connectivity index (χ0) is 18.7. The highest BCUT2D eigenvalue weighted by atomic mass is 127. The van der Waals surface area contributed by atoms with Gasteiger partial charge >= 0.3 is 0 Å². The van der Waals surface area contributed by atoms with Gasteiger partial charge in [-0.15, -0.1) is 0 Å². The van der Waals surface area contributed by atoms with Crippen LogP contribution in [0.5, 0.6) is 5.75 Å². The summed E-state index contributed by atoms with van der Waals surface area (Å²) in [4.78, 5) is 12.6. The van der Waals surface area contributed by atoms with E-state index in [2.05, 4.69) is 50.5 Å². The first-order valence-corrected chi connectivity index (χ1v) is 9.82. The van der Waals surface area contributed by atoms with Gasteiger partial charge in [0, 0.05) is 18.9 Å². The second-order valence-corrected chi connectivity index (χ2v) is 7.83. The van der Waals surface area contributed by atoms with E-state index in [1.165, 1.54) is 0 Å². The second kappa shape index (κ2) is 8.40. The lowest BCUT2D eigenvalue weighted by Gasteiger charge is -2.11. The van der Waals surface area contributed by atoms with E-state index in [9.17, 15) is 4.79 Å². The first kappa shape index (κ1) is 19.2. The number of aliphatic hydroxyl groups excluding tert-OH is 1. The van der Waals surface area contributed by atoms with Crippen LogP contribution in [0, 0.1) is 7.14 Å². The van der Waals surface area contributed by atoms with Crippen LogP contribution in [0.4, 0.5) is 5.69 Å². The largest absolute Gasteiger partial charge is 0.496 e. The number of aliphatic hydroxyl groups is 1. The highest BCUT2D eigenvalue weighted by molar-refractivity contribution is 14.1. The summed E-state index contributed by atoms with van der Waals surface area (Å²) in [5.41, 5.74) is 1.99. The van der Waals surface area contributed by atoms with Crippen LogP contribution in [-0.2, 0) is 6.61 Å². The molecule has 0 bridgehead atoms. The molecule has 1 amide bonds. The van der Waals surface area contributed by atoms with E-state index >= 15 is 0 Å². The summed E-state index contributed by atoms with van der Waals surface area (Å²) >= 11 is 4.33. The molecule has 2 aromatic carbocycles. The van der Waals surface area contributed by atoms with Gasteiger partial charge in [-0.25, -0.2) is 0 Å². The first-order chi connectivity index (χ1) is 12.5. The lowest BCUT2D eigenvalue weighted by Crippen LogP contribution is -2.13. The lowest BCUT2D eigenvalue weighted by molar-refractivity contribution is 0.102. The highest BCUT2D eigenvalue weighted by Crippen LogP contribution is 2.34. The number of nitrogens with one attached hydrogen (secondary N) is 1. The highest BCUT2D eigenvalue weighted by Gasteiger charge is 2.14. The molecule has 1 aromatic heterocycles. The van der Waals surface area contributed by atoms with Crippen LogP contribution in [0.1, 0.15) is 16.1 Å². The molecule has 0 aliphatic heterocycles. The third-order valence-electron chi connectivity index (χ3n) is 3.72. The number of anilines is 1. The quantitative estimate of drug-likeness (QED) is 0.425. The molecular formula is C19H15I2NO4. The Hall–Kier alpha value is -1.59. The predicted molar refractivity (Wildman–Crippen MR) is 116 cm³/mol. The first-order valence-electron chi connectivity index (χ1n) is 7.66. The number of carbonyl (C=O) groups is 1. The molecule has 0 atom stereocenters. The molecule has 5 nitrogen and oxygen atoms in total. The number of hydrogen-bond donors (Lipinski definition) is 2. The zero-order valence-electron chi connectivity index (χ0n) is 13.8. The number of hydrogen-bond acceptors (Lipinski definition) is 4. The molecule has 3 rings (SSSR count). The van der Waals surface area contributed by atoms with E-state index in [4.69, 9.17) is 14.3 Å². The van der Waals surface area contributed by atoms with Gasteiger partial charge < -0.3 is 19.6 Å². The van der Waals surface area contributed by atoms with Gasteiger partial charge in [-0.3, -0.25) is 4.79 Å². The maximum Gasteiger partial charge on any atom is 0.256 e. The number of benzene rings is 2. The molecule has 0 aliphatic rings. The predicted octanol–water partition coefficient (Wildman–Crippen LogP) is 4.91. The Kier molecular flexibility index (Phi) is 6.20. The van der Waals surface area contributed by atoms with Gasteiger partial charge in [-0.05, 0) is 87.6 Å². The molecule has 3 aromatic rings. The minimum absolute atomic E-state index is 0.162. The molecule has 0 spiro atoms. The molecule has 0 saturated carbocycles. The Morgan fingerprint density at radius 1 is 1.15 bits per heavy atom. The summed E-state index contributed by atoms with van der Waals surface area (Å²) in [5, 5.41) is 12.0. The van der Waals surface area contributed by atoms with Gasteiger partial charge in [0.1, 0.15) is 23.9 Å². The molecule has 1 heterocycles. The van der Waals surface area contributed by atoms with Crippen molar-refractivity contribution in [3.05, 3.63) is 67.0 Å². The smallest absolute Gasteiger partial charge is 0.256 e. The van der Waals surface area contributed by atoms with Gasteiger partial charge in [0.25, 0.3) is 5.91 Å². The lowest BCUT2D eigenvalue weighted by atomic mass is 10.1. The van der Waals surface area contributed by atoms with Crippen LogP contribution < -0.4 is 10.1 Å². The molecule has 0 saturated heterocycles. The fourth-order valence-electron chi connectivity index (χ4n) is 2.45. The number of furan rings is 1. The van der Waals surface area contributed by atoms with E-state index in [1.54, 1.807) is 31.4 Å². The maximum absolute atomic E-state index is 12.6. The van der Waals surface area contributed by atoms with Crippen LogP contribution in [-0.4, -0.2) is 18.1 Å². The minimum Gasteiger partial charge on any atom is -0.496 e. The van der Waals surface area contributed by atoms with Crippen molar-refractivity contribution >= 4 is 56.8 Å². The van der Waals surface area contributed by atoms with Crippen molar-refractivity contribution in [3.8, 4) is 17.1 Å². The summed E-state index contributed by atoms with van der Waals surface area (Å²) in [6.07, 6.45) is 0. The molecule has 2 N–H and O–H groups in total. The van der Waals surface area contributed by atoms with E-state index in [0.29, 0.717) is 28.5 Å². The van der Waals surface area contributed by atoms with Gasteiger partial charge in [-0.2, -0.15) is 0 Å². The number of amides is 1. The summed E-state index contributed by atoms with van der Waals surface area (Å²) in [6, 6.07) is 14.6. The topological polar surface area (TPSA) is 71.7 Å². The number of rotatable bonds is 5. The van der Waals surface area contributed by atoms with Crippen LogP contribution in [0.2, 0.25) is 0 Å². The Bertz CT molecular complexity index is 952. The summed E-state index contributed by atoms with van der Waals surface area (Å²) in [5.74, 6) is 1.46. The average Bonchev–Trinajstić information content (AvgIpc) is 3.12. The van der Waals surface area contributed by atoms with Crippen LogP contribution in [0.15, 0.2) is 52.9 Å². The van der Waals surface area contributed by atoms with E-state index in [1.807, 2.05) is 24.3 Å². The summed E-state index contributed by atoms with van der Waals surface area (Å²) in [6.45, 7) is -0.162. The molecule has 7 heteroatoms. The van der Waals surface area contributed by atoms with Crippen LogP contribution in [0.3, 0.4) is 0 Å². The molecule has 0 radical (unpaired) electrons. The minimum atomic E-state index is -0.178. The van der Waals surface area contributed by atoms with E-state index in [0.717, 1.165) is 12.7 Å². The van der Waals surface area contributed by atoms with E-state index in [-0.39, 0.29) is 12.5 Å². The Balaban J connectivity index is 1.87. The van der Waals surface area contributed by atoms with Crippen LogP contribution >= 0.6 is 45.2 Å². The number of carbonyl (C=O) groups excluding carboxylic acids is 1. The third-order valence-corrected chi connectivity index (χ3v) is 5.33. The second-order valence-electron chi connectivity index (χ2n) is 5.42. The standard InChI is InChI=1S/C19H15I2NO4/c1-25-18-9-12(3-5-14(18)17-7-4-13(10-23)26-17)22-19(24)15-8-11(20)2-6-16(15)21/h2-9,23H,10H2,1H3,(H,22,24). The number of halogens is 2. The zero-order valence-corrected chi connectivity index (χ0v) is 18.1. The third kappa shape index (κ3) is 4.21. The summed E-state index contributed by atoms with van der Waals surface area (Å²) < 4.78 is 12.9. The van der Waals surface area contributed by atoms with Gasteiger partial charge in [-0.1, -0.05) is 0 Å². The van der Waals surface area contributed by atoms with Crippen LogP contribution in [0.25, 0.3) is 11.3 Å². The number of methoxy groups -OCH3 is 1. The van der Waals surface area contributed by atoms with Gasteiger partial charge in [0.2, 0.25) is 0 Å². The molecule has 134 valence electrons. The van der Waals surface area contributed by atoms with Crippen molar-refractivity contribution < 1.29 is 19.1 Å². The monoisotopic (exact) mass is 575 g/mol. The van der Waals surface area contributed by atoms with Crippen molar-refractivity contribution in [2.45, 2.75) is 6.61 Å². The maximum atomic E-state index is 12.6. The van der Waals surface area contributed by atoms with Crippen molar-refractivity contribution in [1.29, 1.82) is 0 Å². The fourth-order valence-corrected chi connectivity index (χ4v) is 3.52. The molecule has 0 fully saturated rings. The number of ether oxygens (including phenoxy) is 1. The molecule has 0 aliphatic carbocycles. The Morgan fingerprint density at radius 3 is 2.65 bits per heavy atom. The van der Waals surface area contributed by atoms with Crippen molar-refractivity contribution in [2.24, 2.45) is 0 Å². The van der Waals surface area contributed by atoms with Crippen molar-refractivity contribution in [1.82, 2.24) is 0 Å². The fraction of sp³-hybridized carbons (Fsp3) is 0.105. The van der Waals surface area contributed by atoms with Crippen molar-refractivity contribution in [2.75, 3.05) is 12.4 Å². The van der Waals surface area contributed by atoms with Crippen molar-refractivity contribution in [3.63, 3.8) is 0 Å². The summed E-state index contributed by atoms with van der Waals surface area (Å²) in [7, 11) is 1.56.